The van der Waals surface area contributed by atoms with E-state index in [1.807, 2.05) is 6.07 Å². The summed E-state index contributed by atoms with van der Waals surface area (Å²) in [7, 11) is -3.44. The first-order chi connectivity index (χ1) is 10.1. The molecule has 5 heteroatoms. The van der Waals surface area contributed by atoms with Crippen LogP contribution < -0.4 is 0 Å². The first-order valence-corrected chi connectivity index (χ1v) is 8.63. The predicted molar refractivity (Wildman–Crippen MR) is 82.2 cm³/mol. The summed E-state index contributed by atoms with van der Waals surface area (Å²) in [6, 6.07) is 15.6. The second kappa shape index (κ2) is 5.44. The second-order valence-electron chi connectivity index (χ2n) is 5.25. The molecule has 2 aromatic carbocycles. The van der Waals surface area contributed by atoms with Gasteiger partial charge in [-0.2, -0.15) is 0 Å². The van der Waals surface area contributed by atoms with E-state index in [-0.39, 0.29) is 18.4 Å². The highest BCUT2D eigenvalue weighted by atomic mass is 35.5. The maximum Gasteiger partial charge on any atom is 0.182 e. The number of aliphatic hydroxyl groups is 1. The van der Waals surface area contributed by atoms with Crippen LogP contribution >= 0.6 is 11.6 Å². The molecule has 0 bridgehead atoms. The Hall–Kier alpha value is -1.36. The molecule has 1 N–H and O–H groups in total. The molecule has 110 valence electrons. The van der Waals surface area contributed by atoms with E-state index in [1.54, 1.807) is 48.5 Å². The first-order valence-electron chi connectivity index (χ1n) is 6.71. The monoisotopic (exact) mass is 322 g/mol. The number of hydrogen-bond acceptors (Lipinski definition) is 3. The van der Waals surface area contributed by atoms with Crippen LogP contribution in [0.25, 0.3) is 0 Å². The van der Waals surface area contributed by atoms with Crippen LogP contribution in [0.2, 0.25) is 5.02 Å². The summed E-state index contributed by atoms with van der Waals surface area (Å²) < 4.78 is 25.4. The summed E-state index contributed by atoms with van der Waals surface area (Å²) in [4.78, 5) is 0.304. The van der Waals surface area contributed by atoms with Crippen molar-refractivity contribution in [1.29, 1.82) is 0 Å². The third-order valence-electron chi connectivity index (χ3n) is 3.97. The van der Waals surface area contributed by atoms with Crippen LogP contribution in [0.5, 0.6) is 0 Å². The Labute approximate surface area is 129 Å². The molecule has 1 aliphatic carbocycles. The van der Waals surface area contributed by atoms with Gasteiger partial charge in [0.15, 0.2) is 9.84 Å². The van der Waals surface area contributed by atoms with Gasteiger partial charge >= 0.3 is 0 Å². The zero-order valence-electron chi connectivity index (χ0n) is 11.2. The highest BCUT2D eigenvalue weighted by Gasteiger charge is 2.58. The van der Waals surface area contributed by atoms with E-state index in [1.165, 1.54) is 0 Å². The molecule has 1 fully saturated rings. The van der Waals surface area contributed by atoms with Gasteiger partial charge in [-0.25, -0.2) is 8.42 Å². The van der Waals surface area contributed by atoms with Gasteiger partial charge in [0.05, 0.1) is 10.1 Å². The van der Waals surface area contributed by atoms with E-state index >= 15 is 0 Å². The van der Waals surface area contributed by atoms with Crippen molar-refractivity contribution in [2.24, 2.45) is 5.92 Å². The van der Waals surface area contributed by atoms with E-state index in [9.17, 15) is 13.5 Å². The van der Waals surface area contributed by atoms with Crippen LogP contribution in [0.1, 0.15) is 11.5 Å². The summed E-state index contributed by atoms with van der Waals surface area (Å²) >= 11 is 5.97. The molecule has 1 aliphatic rings. The lowest BCUT2D eigenvalue weighted by atomic mass is 10.1. The highest BCUT2D eigenvalue weighted by molar-refractivity contribution is 7.92. The number of hydrogen-bond donors (Lipinski definition) is 1. The van der Waals surface area contributed by atoms with Gasteiger partial charge in [-0.3, -0.25) is 0 Å². The van der Waals surface area contributed by atoms with Crippen molar-refractivity contribution in [3.05, 3.63) is 65.2 Å². The van der Waals surface area contributed by atoms with Gasteiger partial charge in [-0.1, -0.05) is 41.9 Å². The summed E-state index contributed by atoms with van der Waals surface area (Å²) in [6.07, 6.45) is 0. The molecule has 0 heterocycles. The quantitative estimate of drug-likeness (QED) is 0.941. The lowest BCUT2D eigenvalue weighted by molar-refractivity contribution is 0.274. The lowest BCUT2D eigenvalue weighted by Gasteiger charge is -2.04. The van der Waals surface area contributed by atoms with Crippen molar-refractivity contribution in [2.75, 3.05) is 6.61 Å². The van der Waals surface area contributed by atoms with E-state index < -0.39 is 15.1 Å². The fourth-order valence-corrected chi connectivity index (χ4v) is 5.32. The normalized spacial score (nSPS) is 24.8. The molecule has 2 aromatic rings. The number of benzene rings is 2. The largest absolute Gasteiger partial charge is 0.396 e. The maximum absolute atomic E-state index is 12.7. The fraction of sp³-hybridized carbons (Fsp3) is 0.250. The van der Waals surface area contributed by atoms with E-state index in [2.05, 4.69) is 0 Å². The minimum atomic E-state index is -3.44. The van der Waals surface area contributed by atoms with Crippen molar-refractivity contribution in [3.8, 4) is 0 Å². The molecular formula is C16H15ClO3S. The van der Waals surface area contributed by atoms with Crippen LogP contribution in [0, 0.1) is 5.92 Å². The van der Waals surface area contributed by atoms with Gasteiger partial charge in [0.2, 0.25) is 0 Å². The average Bonchev–Trinajstić information content (AvgIpc) is 3.23. The molecule has 0 spiro atoms. The summed E-state index contributed by atoms with van der Waals surface area (Å²) in [6.45, 7) is -0.145. The number of halogens is 1. The zero-order chi connectivity index (χ0) is 15.0. The molecule has 3 atom stereocenters. The van der Waals surface area contributed by atoms with Crippen LogP contribution in [-0.4, -0.2) is 25.4 Å². The minimum absolute atomic E-state index is 0.145. The summed E-state index contributed by atoms with van der Waals surface area (Å²) in [5.41, 5.74) is 0.867. The van der Waals surface area contributed by atoms with Gasteiger partial charge in [-0.05, 0) is 29.8 Å². The third kappa shape index (κ3) is 2.59. The average molecular weight is 323 g/mol. The Bertz CT molecular complexity index is 743. The van der Waals surface area contributed by atoms with Crippen molar-refractivity contribution in [2.45, 2.75) is 16.1 Å². The van der Waals surface area contributed by atoms with Crippen LogP contribution in [-0.2, 0) is 9.84 Å². The Morgan fingerprint density at radius 3 is 2.38 bits per heavy atom. The van der Waals surface area contributed by atoms with Gasteiger partial charge in [0, 0.05) is 23.5 Å². The van der Waals surface area contributed by atoms with Gasteiger partial charge in [0.25, 0.3) is 0 Å². The lowest BCUT2D eigenvalue weighted by Crippen LogP contribution is -2.11. The number of rotatable bonds is 4. The van der Waals surface area contributed by atoms with E-state index in [4.69, 9.17) is 11.6 Å². The first kappa shape index (κ1) is 14.6. The molecule has 3 rings (SSSR count). The fourth-order valence-electron chi connectivity index (χ4n) is 2.90. The van der Waals surface area contributed by atoms with E-state index in [0.29, 0.717) is 9.92 Å². The molecule has 0 radical (unpaired) electrons. The standard InChI is InChI=1S/C16H15ClO3S/c17-12-6-4-5-11(9-12)15-14(10-18)16(15)21(19,20)13-7-2-1-3-8-13/h1-9,14-16,18H,10H2. The topological polar surface area (TPSA) is 54.4 Å². The van der Waals surface area contributed by atoms with Gasteiger partial charge in [-0.15, -0.1) is 0 Å². The number of aliphatic hydroxyl groups excluding tert-OH is 1. The third-order valence-corrected chi connectivity index (χ3v) is 6.49. The molecule has 21 heavy (non-hydrogen) atoms. The summed E-state index contributed by atoms with van der Waals surface area (Å²) in [5, 5.41) is 9.49. The van der Waals surface area contributed by atoms with E-state index in [0.717, 1.165) is 5.56 Å². The van der Waals surface area contributed by atoms with Crippen LogP contribution in [0.4, 0.5) is 0 Å². The predicted octanol–water partition coefficient (Wildman–Crippen LogP) is 2.89. The molecule has 3 unspecified atom stereocenters. The zero-order valence-corrected chi connectivity index (χ0v) is 12.8. The molecule has 3 nitrogen and oxygen atoms in total. The molecule has 0 saturated heterocycles. The van der Waals surface area contributed by atoms with Gasteiger partial charge in [0.1, 0.15) is 0 Å². The van der Waals surface area contributed by atoms with Crippen molar-refractivity contribution in [3.63, 3.8) is 0 Å². The smallest absolute Gasteiger partial charge is 0.182 e. The Balaban J connectivity index is 1.96. The highest BCUT2D eigenvalue weighted by Crippen LogP contribution is 2.53. The molecule has 0 amide bonds. The number of sulfone groups is 1. The summed E-state index contributed by atoms with van der Waals surface area (Å²) in [5.74, 6) is -0.465. The van der Waals surface area contributed by atoms with Crippen molar-refractivity contribution < 1.29 is 13.5 Å². The Morgan fingerprint density at radius 2 is 1.76 bits per heavy atom. The molecule has 0 aliphatic heterocycles. The van der Waals surface area contributed by atoms with Crippen LogP contribution in [0.3, 0.4) is 0 Å². The van der Waals surface area contributed by atoms with Crippen molar-refractivity contribution in [1.82, 2.24) is 0 Å². The minimum Gasteiger partial charge on any atom is -0.396 e. The Kier molecular flexibility index (Phi) is 3.78. The molecular weight excluding hydrogens is 308 g/mol. The van der Waals surface area contributed by atoms with Gasteiger partial charge < -0.3 is 5.11 Å². The van der Waals surface area contributed by atoms with Crippen molar-refractivity contribution >= 4 is 21.4 Å². The van der Waals surface area contributed by atoms with Crippen LogP contribution in [0.15, 0.2) is 59.5 Å². The Morgan fingerprint density at radius 1 is 1.05 bits per heavy atom. The molecule has 1 saturated carbocycles. The SMILES string of the molecule is O=S(=O)(c1ccccc1)C1C(CO)C1c1cccc(Cl)c1. The second-order valence-corrected chi connectivity index (χ2v) is 7.79. The molecule has 0 aromatic heterocycles. The maximum atomic E-state index is 12.7.